The van der Waals surface area contributed by atoms with Crippen molar-refractivity contribution in [3.63, 3.8) is 0 Å². The largest absolute Gasteiger partial charge is 0.465 e. The number of benzene rings is 1. The Hall–Kier alpha value is -2.26. The van der Waals surface area contributed by atoms with Gasteiger partial charge in [0.1, 0.15) is 11.1 Å². The van der Waals surface area contributed by atoms with Crippen LogP contribution in [0.4, 0.5) is 4.79 Å². The fraction of sp³-hybridized carbons (Fsp3) is 0.600. The number of esters is 2. The van der Waals surface area contributed by atoms with E-state index in [2.05, 4.69) is 18.9 Å². The third-order valence-electron chi connectivity index (χ3n) is 4.93. The quantitative estimate of drug-likeness (QED) is 0.186. The number of fused-ring (bicyclic) bond motifs is 1. The summed E-state index contributed by atoms with van der Waals surface area (Å²) >= 11 is 8.02. The van der Waals surface area contributed by atoms with Crippen LogP contribution in [0.5, 0.6) is 0 Å². The van der Waals surface area contributed by atoms with Crippen LogP contribution in [0.3, 0.4) is 0 Å². The third kappa shape index (κ3) is 8.42. The molecule has 0 amide bonds. The highest BCUT2D eigenvalue weighted by Gasteiger charge is 2.27. The van der Waals surface area contributed by atoms with E-state index in [1.807, 2.05) is 0 Å². The molecule has 2 aromatic rings. The van der Waals surface area contributed by atoms with Crippen LogP contribution in [0.15, 0.2) is 17.0 Å². The Labute approximate surface area is 216 Å². The summed E-state index contributed by atoms with van der Waals surface area (Å²) in [5, 5.41) is 4.78. The van der Waals surface area contributed by atoms with Crippen LogP contribution in [0, 0.1) is 5.92 Å². The standard InChI is InChI=1S/C25H35ClN2O6S/c1-7-9-10-16(3)15-33-19(29)13-14-35-18-12-11-17-21(23(30)32-8-2)27-28(22(17)20(18)26)24(31)34-25(4,5)6/h11-12,16H,7-10,13-15H2,1-6H3. The van der Waals surface area contributed by atoms with Gasteiger partial charge in [0.15, 0.2) is 5.69 Å². The Morgan fingerprint density at radius 3 is 2.51 bits per heavy atom. The minimum absolute atomic E-state index is 0.0214. The first kappa shape index (κ1) is 29.0. The van der Waals surface area contributed by atoms with Crippen molar-refractivity contribution in [2.24, 2.45) is 5.92 Å². The molecule has 8 nitrogen and oxygen atoms in total. The second-order valence-electron chi connectivity index (χ2n) is 9.26. The average molecular weight is 527 g/mol. The molecule has 10 heteroatoms. The summed E-state index contributed by atoms with van der Waals surface area (Å²) in [6.45, 7) is 11.7. The zero-order valence-electron chi connectivity index (χ0n) is 21.3. The lowest BCUT2D eigenvalue weighted by Crippen LogP contribution is -2.28. The van der Waals surface area contributed by atoms with E-state index in [-0.39, 0.29) is 35.2 Å². The summed E-state index contributed by atoms with van der Waals surface area (Å²) < 4.78 is 16.9. The van der Waals surface area contributed by atoms with Crippen molar-refractivity contribution in [1.82, 2.24) is 9.78 Å². The van der Waals surface area contributed by atoms with E-state index in [1.165, 1.54) is 11.8 Å². The Kier molecular flexibility index (Phi) is 10.9. The average Bonchev–Trinajstić information content (AvgIpc) is 3.17. The van der Waals surface area contributed by atoms with E-state index < -0.39 is 17.7 Å². The van der Waals surface area contributed by atoms with Crippen LogP contribution in [-0.2, 0) is 19.0 Å². The Morgan fingerprint density at radius 1 is 1.17 bits per heavy atom. The molecule has 35 heavy (non-hydrogen) atoms. The number of hydrogen-bond acceptors (Lipinski definition) is 8. The van der Waals surface area contributed by atoms with Gasteiger partial charge in [-0.05, 0) is 52.2 Å². The van der Waals surface area contributed by atoms with Crippen molar-refractivity contribution in [2.75, 3.05) is 19.0 Å². The van der Waals surface area contributed by atoms with Gasteiger partial charge in [0.2, 0.25) is 0 Å². The van der Waals surface area contributed by atoms with E-state index in [4.69, 9.17) is 25.8 Å². The maximum Gasteiger partial charge on any atom is 0.435 e. The van der Waals surface area contributed by atoms with Gasteiger partial charge in [0.05, 0.1) is 24.7 Å². The molecule has 0 aliphatic heterocycles. The Balaban J connectivity index is 2.20. The number of nitrogens with zero attached hydrogens (tertiary/aromatic N) is 2. The van der Waals surface area contributed by atoms with Crippen molar-refractivity contribution >= 4 is 52.3 Å². The molecule has 0 aliphatic carbocycles. The van der Waals surface area contributed by atoms with Gasteiger partial charge in [-0.15, -0.1) is 11.8 Å². The number of rotatable bonds is 11. The zero-order chi connectivity index (χ0) is 26.2. The Bertz CT molecular complexity index is 1050. The molecule has 2 rings (SSSR count). The number of aromatic nitrogens is 2. The van der Waals surface area contributed by atoms with Crippen LogP contribution >= 0.6 is 23.4 Å². The molecule has 194 valence electrons. The van der Waals surface area contributed by atoms with Gasteiger partial charge >= 0.3 is 18.0 Å². The molecule has 0 N–H and O–H groups in total. The van der Waals surface area contributed by atoms with Gasteiger partial charge < -0.3 is 14.2 Å². The zero-order valence-corrected chi connectivity index (χ0v) is 22.9. The third-order valence-corrected chi connectivity index (χ3v) is 6.48. The number of halogens is 1. The maximum absolute atomic E-state index is 12.8. The van der Waals surface area contributed by atoms with Crippen molar-refractivity contribution in [1.29, 1.82) is 0 Å². The van der Waals surface area contributed by atoms with Crippen molar-refractivity contribution in [3.8, 4) is 0 Å². The van der Waals surface area contributed by atoms with E-state index in [0.29, 0.717) is 28.6 Å². The van der Waals surface area contributed by atoms with E-state index in [1.54, 1.807) is 39.8 Å². The van der Waals surface area contributed by atoms with Crippen LogP contribution in [0.1, 0.15) is 77.7 Å². The van der Waals surface area contributed by atoms with Gasteiger partial charge in [0.25, 0.3) is 0 Å². The summed E-state index contributed by atoms with van der Waals surface area (Å²) in [7, 11) is 0. The molecule has 1 unspecified atom stereocenters. The lowest BCUT2D eigenvalue weighted by Gasteiger charge is -2.19. The van der Waals surface area contributed by atoms with Crippen molar-refractivity contribution in [3.05, 3.63) is 22.8 Å². The van der Waals surface area contributed by atoms with Gasteiger partial charge in [-0.2, -0.15) is 9.78 Å². The molecule has 0 fully saturated rings. The summed E-state index contributed by atoms with van der Waals surface area (Å²) in [6.07, 6.45) is 2.73. The summed E-state index contributed by atoms with van der Waals surface area (Å²) in [6, 6.07) is 3.40. The van der Waals surface area contributed by atoms with Gasteiger partial charge in [-0.1, -0.05) is 38.3 Å². The number of thioether (sulfide) groups is 1. The molecule has 1 aromatic carbocycles. The monoisotopic (exact) mass is 526 g/mol. The van der Waals surface area contributed by atoms with Crippen molar-refractivity contribution in [2.45, 2.75) is 77.7 Å². The molecule has 0 saturated heterocycles. The van der Waals surface area contributed by atoms with Gasteiger partial charge in [-0.3, -0.25) is 4.79 Å². The normalized spacial score (nSPS) is 12.4. The van der Waals surface area contributed by atoms with Gasteiger partial charge in [0, 0.05) is 16.0 Å². The molecule has 0 aliphatic rings. The van der Waals surface area contributed by atoms with Crippen LogP contribution in [0.2, 0.25) is 5.02 Å². The highest BCUT2D eigenvalue weighted by molar-refractivity contribution is 7.99. The first-order valence-corrected chi connectivity index (χ1v) is 13.2. The number of ether oxygens (including phenoxy) is 3. The summed E-state index contributed by atoms with van der Waals surface area (Å²) in [5.74, 6) is -0.141. The van der Waals surface area contributed by atoms with Crippen LogP contribution in [-0.4, -0.2) is 52.4 Å². The maximum atomic E-state index is 12.8. The lowest BCUT2D eigenvalue weighted by atomic mass is 10.1. The minimum atomic E-state index is -0.771. The second kappa shape index (κ2) is 13.2. The fourth-order valence-electron chi connectivity index (χ4n) is 3.23. The molecule has 0 saturated carbocycles. The van der Waals surface area contributed by atoms with E-state index in [9.17, 15) is 14.4 Å². The number of hydrogen-bond donors (Lipinski definition) is 0. The number of carbonyl (C=O) groups is 3. The SMILES string of the molecule is CCCCC(C)COC(=O)CCSc1ccc2c(C(=O)OCC)nn(C(=O)OC(C)(C)C)c2c1Cl. The first-order valence-electron chi connectivity index (χ1n) is 11.9. The summed E-state index contributed by atoms with van der Waals surface area (Å²) in [5.41, 5.74) is -0.541. The highest BCUT2D eigenvalue weighted by atomic mass is 35.5. The molecule has 0 bridgehead atoms. The molecule has 0 radical (unpaired) electrons. The molecular formula is C25H35ClN2O6S. The van der Waals surface area contributed by atoms with Crippen LogP contribution < -0.4 is 0 Å². The number of carbonyl (C=O) groups excluding carboxylic acids is 3. The number of unbranched alkanes of at least 4 members (excludes halogenated alkanes) is 1. The molecular weight excluding hydrogens is 492 g/mol. The molecule has 0 spiro atoms. The van der Waals surface area contributed by atoms with E-state index >= 15 is 0 Å². The molecule has 1 aromatic heterocycles. The molecule has 1 atom stereocenters. The first-order chi connectivity index (χ1) is 16.5. The van der Waals surface area contributed by atoms with Gasteiger partial charge in [-0.25, -0.2) is 9.59 Å². The molecule has 1 heterocycles. The predicted octanol–water partition coefficient (Wildman–Crippen LogP) is 6.50. The van der Waals surface area contributed by atoms with Crippen LogP contribution in [0.25, 0.3) is 10.9 Å². The minimum Gasteiger partial charge on any atom is -0.465 e. The van der Waals surface area contributed by atoms with E-state index in [0.717, 1.165) is 23.9 Å². The smallest absolute Gasteiger partial charge is 0.435 e. The summed E-state index contributed by atoms with van der Waals surface area (Å²) in [4.78, 5) is 38.0. The highest BCUT2D eigenvalue weighted by Crippen LogP contribution is 2.36. The lowest BCUT2D eigenvalue weighted by molar-refractivity contribution is -0.144. The Morgan fingerprint density at radius 2 is 1.89 bits per heavy atom. The topological polar surface area (TPSA) is 96.7 Å². The fourth-order valence-corrected chi connectivity index (χ4v) is 4.52. The predicted molar refractivity (Wildman–Crippen MR) is 137 cm³/mol. The van der Waals surface area contributed by atoms with Crippen molar-refractivity contribution < 1.29 is 28.6 Å². The second-order valence-corrected chi connectivity index (χ2v) is 10.8.